The minimum Gasteiger partial charge on any atom is -0.510 e. The number of phenols is 1. The number of aliphatic hydroxyl groups excluding tert-OH is 2. The van der Waals surface area contributed by atoms with Crippen molar-refractivity contribution in [1.29, 1.82) is 0 Å². The zero-order valence-electron chi connectivity index (χ0n) is 26.6. The van der Waals surface area contributed by atoms with Gasteiger partial charge in [-0.3, -0.25) is 24.0 Å². The van der Waals surface area contributed by atoms with Crippen molar-refractivity contribution in [1.82, 2.24) is 9.88 Å². The fourth-order valence-electron chi connectivity index (χ4n) is 7.71. The fraction of sp³-hybridized carbons (Fsp3) is 0.306. The monoisotopic (exact) mass is 651 g/mol. The summed E-state index contributed by atoms with van der Waals surface area (Å²) in [7, 11) is 3.67. The van der Waals surface area contributed by atoms with Crippen LogP contribution in [-0.2, 0) is 23.1 Å². The number of anilines is 1. The third kappa shape index (κ3) is 4.18. The number of rotatable bonds is 5. The van der Waals surface area contributed by atoms with Crippen molar-refractivity contribution in [2.45, 2.75) is 31.7 Å². The van der Waals surface area contributed by atoms with Gasteiger partial charge in [-0.1, -0.05) is 18.2 Å². The lowest BCUT2D eigenvalue weighted by molar-refractivity contribution is 0.122. The molecule has 0 radical (unpaired) electrons. The van der Waals surface area contributed by atoms with Crippen LogP contribution in [-0.4, -0.2) is 65.6 Å². The maximum atomic E-state index is 14.1. The van der Waals surface area contributed by atoms with Crippen molar-refractivity contribution in [2.75, 3.05) is 45.3 Å². The second-order valence-electron chi connectivity index (χ2n) is 12.7. The highest BCUT2D eigenvalue weighted by Gasteiger charge is 2.53. The van der Waals surface area contributed by atoms with Gasteiger partial charge in [-0.25, -0.2) is 0 Å². The molecule has 1 spiro atoms. The molecule has 12 nitrogen and oxygen atoms in total. The number of morpholine rings is 1. The molecule has 1 atom stereocenters. The highest BCUT2D eigenvalue weighted by atomic mass is 16.5. The lowest BCUT2D eigenvalue weighted by Crippen LogP contribution is -2.52. The van der Waals surface area contributed by atoms with E-state index in [4.69, 9.17) is 4.74 Å². The van der Waals surface area contributed by atoms with Crippen LogP contribution in [0.5, 0.6) is 5.75 Å². The second-order valence-corrected chi connectivity index (χ2v) is 12.7. The second kappa shape index (κ2) is 11.1. The van der Waals surface area contributed by atoms with E-state index in [1.807, 2.05) is 32.0 Å². The van der Waals surface area contributed by atoms with Gasteiger partial charge in [0.25, 0.3) is 5.56 Å². The van der Waals surface area contributed by atoms with Crippen LogP contribution < -0.4 is 42.6 Å². The molecule has 2 aromatic rings. The summed E-state index contributed by atoms with van der Waals surface area (Å²) in [6.45, 7) is 3.37. The Balaban J connectivity index is 1.59. The van der Waals surface area contributed by atoms with Gasteiger partial charge in [0, 0.05) is 37.0 Å². The first kappa shape index (κ1) is 31.3. The fourth-order valence-corrected chi connectivity index (χ4v) is 7.71. The number of phenolic OH excluding ortho intramolecular Hbond substituents is 1. The molecule has 0 amide bonds. The molecule has 12 heteroatoms. The van der Waals surface area contributed by atoms with Crippen LogP contribution >= 0.6 is 0 Å². The zero-order valence-corrected chi connectivity index (χ0v) is 26.6. The van der Waals surface area contributed by atoms with Crippen LogP contribution in [0.25, 0.3) is 28.4 Å². The van der Waals surface area contributed by atoms with E-state index in [2.05, 4.69) is 4.98 Å². The summed E-state index contributed by atoms with van der Waals surface area (Å²) in [5.41, 5.74) is -4.74. The van der Waals surface area contributed by atoms with Crippen LogP contribution in [0.15, 0.2) is 54.3 Å². The number of nitrogens with one attached hydrogen (secondary N) is 1. The van der Waals surface area contributed by atoms with Crippen molar-refractivity contribution in [3.05, 3.63) is 125 Å². The number of benzene rings is 1. The largest absolute Gasteiger partial charge is 0.510 e. The van der Waals surface area contributed by atoms with E-state index in [9.17, 15) is 39.3 Å². The van der Waals surface area contributed by atoms with Gasteiger partial charge < -0.3 is 34.8 Å². The van der Waals surface area contributed by atoms with E-state index in [0.29, 0.717) is 55.1 Å². The molecule has 1 aromatic heterocycles. The van der Waals surface area contributed by atoms with Crippen molar-refractivity contribution in [2.24, 2.45) is 0 Å². The summed E-state index contributed by atoms with van der Waals surface area (Å²) in [6, 6.07) is 2.77. The predicted octanol–water partition coefficient (Wildman–Crippen LogP) is -0.00742. The van der Waals surface area contributed by atoms with Gasteiger partial charge in [0.1, 0.15) is 22.7 Å². The molecule has 0 unspecified atom stereocenters. The van der Waals surface area contributed by atoms with E-state index < -0.39 is 70.8 Å². The van der Waals surface area contributed by atoms with Crippen LogP contribution in [0.4, 0.5) is 5.69 Å². The Morgan fingerprint density at radius 3 is 2.23 bits per heavy atom. The summed E-state index contributed by atoms with van der Waals surface area (Å²) in [5.74, 6) is -1.94. The number of aliphatic hydroxyl groups is 2. The summed E-state index contributed by atoms with van der Waals surface area (Å²) in [4.78, 5) is 75.1. The summed E-state index contributed by atoms with van der Waals surface area (Å²) in [6.07, 6.45) is 7.25. The zero-order chi connectivity index (χ0) is 34.2. The Morgan fingerprint density at radius 2 is 1.58 bits per heavy atom. The molecule has 5 aliphatic rings. The number of aromatic hydroxyl groups is 1. The number of hydrogen-bond donors (Lipinski definition) is 4. The van der Waals surface area contributed by atoms with E-state index >= 15 is 0 Å². The highest BCUT2D eigenvalue weighted by Crippen LogP contribution is 2.55. The van der Waals surface area contributed by atoms with E-state index in [0.717, 1.165) is 6.07 Å². The van der Waals surface area contributed by atoms with Crippen LogP contribution in [0.1, 0.15) is 35.7 Å². The standard InChI is InChI=1S/C36H33N3O9/c1-4-5-6-7-17-14-19-20(16-38(2)3)18-8-9-36(28(18)32(44)23(19)35(47)37-17)33(45)26-27(34(36)46)31(43)25-24(30(26)42)22(40)15-21(29(25)41)39-10-12-48-13-11-39/h4-7,14-15,44-46H,8-13,16H2,1-3H3,(H,37,47)/t36-/m0/s1. The SMILES string of the molecule is CC=CC=Cc1cc2c(CN(C)C)c3c(c(O)c2c(=O)[nH]1)[C@@]1(CC3)C(O)=c2c(=O)c3c(=O)cc(N4CCOCC4)c(=O)c=3c(=O)c2=C1O. The number of H-pyrrole nitrogens is 1. The van der Waals surface area contributed by atoms with Gasteiger partial charge in [0.15, 0.2) is 5.43 Å². The number of pyridine rings is 1. The lowest BCUT2D eigenvalue weighted by atomic mass is 9.77. The molecule has 2 heterocycles. The molecule has 0 saturated carbocycles. The van der Waals surface area contributed by atoms with E-state index in [1.54, 1.807) is 29.2 Å². The van der Waals surface area contributed by atoms with Gasteiger partial charge in [0.2, 0.25) is 16.3 Å². The molecule has 48 heavy (non-hydrogen) atoms. The predicted molar refractivity (Wildman–Crippen MR) is 181 cm³/mol. The number of ether oxygens (including phenoxy) is 1. The average molecular weight is 652 g/mol. The average Bonchev–Trinajstić information content (AvgIpc) is 3.56. The van der Waals surface area contributed by atoms with Crippen LogP contribution in [0, 0.1) is 10.4 Å². The number of aromatic amines is 1. The maximum Gasteiger partial charge on any atom is 0.260 e. The first-order valence-electron chi connectivity index (χ1n) is 15.7. The molecular formula is C36H33N3O9. The first-order chi connectivity index (χ1) is 22.9. The van der Waals surface area contributed by atoms with Crippen LogP contribution in [0.3, 0.4) is 0 Å². The lowest BCUT2D eigenvalue weighted by Gasteiger charge is -2.28. The van der Waals surface area contributed by atoms with Crippen molar-refractivity contribution < 1.29 is 20.1 Å². The number of allylic oxidation sites excluding steroid dienone is 3. The normalized spacial score (nSPS) is 19.3. The van der Waals surface area contributed by atoms with Gasteiger partial charge in [-0.15, -0.1) is 0 Å². The van der Waals surface area contributed by atoms with E-state index in [-0.39, 0.29) is 29.5 Å². The summed E-state index contributed by atoms with van der Waals surface area (Å²) in [5, 5.41) is 33.6. The molecule has 246 valence electrons. The van der Waals surface area contributed by atoms with Gasteiger partial charge in [0.05, 0.1) is 45.2 Å². The molecule has 4 N–H and O–H groups in total. The molecule has 4 aliphatic carbocycles. The third-order valence-corrected chi connectivity index (χ3v) is 9.77. The van der Waals surface area contributed by atoms with Gasteiger partial charge in [-0.05, 0) is 62.5 Å². The Kier molecular flexibility index (Phi) is 7.26. The first-order valence-corrected chi connectivity index (χ1v) is 15.7. The Bertz CT molecular complexity index is 2610. The highest BCUT2D eigenvalue weighted by molar-refractivity contribution is 5.97. The quantitative estimate of drug-likeness (QED) is 0.214. The minimum atomic E-state index is -1.97. The summed E-state index contributed by atoms with van der Waals surface area (Å²) < 4.78 is 5.34. The molecular weight excluding hydrogens is 618 g/mol. The minimum absolute atomic E-state index is 0.00214. The van der Waals surface area contributed by atoms with Crippen molar-refractivity contribution in [3.8, 4) is 5.75 Å². The molecule has 1 aromatic carbocycles. The van der Waals surface area contributed by atoms with Gasteiger partial charge >= 0.3 is 0 Å². The Morgan fingerprint density at radius 1 is 0.917 bits per heavy atom. The summed E-state index contributed by atoms with van der Waals surface area (Å²) >= 11 is 0. The Labute approximate surface area is 271 Å². The number of aromatic nitrogens is 1. The molecule has 1 saturated heterocycles. The van der Waals surface area contributed by atoms with Gasteiger partial charge in [-0.2, -0.15) is 0 Å². The van der Waals surface area contributed by atoms with E-state index in [1.165, 1.54) is 0 Å². The maximum absolute atomic E-state index is 14.1. The molecule has 1 fully saturated rings. The number of hydrogen-bond acceptors (Lipinski definition) is 11. The smallest absolute Gasteiger partial charge is 0.260 e. The molecule has 0 bridgehead atoms. The molecule has 1 aliphatic heterocycles. The van der Waals surface area contributed by atoms with Crippen molar-refractivity contribution in [3.63, 3.8) is 0 Å². The van der Waals surface area contributed by atoms with Crippen LogP contribution in [0.2, 0.25) is 0 Å². The Hall–Kier alpha value is -5.33. The number of nitrogens with zero attached hydrogens (tertiary/aromatic N) is 2. The molecule has 7 rings (SSSR count). The third-order valence-electron chi connectivity index (χ3n) is 9.77. The topological polar surface area (TPSA) is 178 Å². The van der Waals surface area contributed by atoms with Crippen molar-refractivity contribution >= 4 is 34.1 Å². The number of fused-ring (bicyclic) bond motifs is 4.